The molecular weight excluding hydrogens is 236 g/mol. The number of halogens is 1. The zero-order valence-electron chi connectivity index (χ0n) is 10.4. The number of alkyl halides is 1. The summed E-state index contributed by atoms with van der Waals surface area (Å²) in [5, 5.41) is 1.15. The maximum Gasteiger partial charge on any atom is 0.00853 e. The zero-order valence-corrected chi connectivity index (χ0v) is 12.0. The first-order chi connectivity index (χ1) is 6.61. The van der Waals surface area contributed by atoms with Gasteiger partial charge in [-0.3, -0.25) is 0 Å². The van der Waals surface area contributed by atoms with Crippen LogP contribution in [0.4, 0.5) is 0 Å². The Labute approximate surface area is 99.0 Å². The molecule has 0 amide bonds. The van der Waals surface area contributed by atoms with Crippen molar-refractivity contribution in [2.24, 2.45) is 11.3 Å². The van der Waals surface area contributed by atoms with Crippen molar-refractivity contribution in [1.82, 2.24) is 0 Å². The number of unbranched alkanes of at least 4 members (excludes halogenated alkanes) is 1. The Morgan fingerprint density at radius 3 is 2.21 bits per heavy atom. The lowest BCUT2D eigenvalue weighted by Crippen LogP contribution is -2.21. The molecule has 0 radical (unpaired) electrons. The van der Waals surface area contributed by atoms with E-state index in [1.54, 1.807) is 0 Å². The summed E-state index contributed by atoms with van der Waals surface area (Å²) in [6, 6.07) is 0. The van der Waals surface area contributed by atoms with Crippen molar-refractivity contribution < 1.29 is 0 Å². The van der Waals surface area contributed by atoms with Crippen LogP contribution in [0.5, 0.6) is 0 Å². The summed E-state index contributed by atoms with van der Waals surface area (Å²) in [6.07, 6.45) is 8.21. The molecule has 0 aromatic heterocycles. The first-order valence-corrected chi connectivity index (χ1v) is 7.30. The van der Waals surface area contributed by atoms with E-state index in [-0.39, 0.29) is 0 Å². The average molecular weight is 263 g/mol. The first-order valence-electron chi connectivity index (χ1n) is 6.17. The molecule has 0 heterocycles. The van der Waals surface area contributed by atoms with Gasteiger partial charge in [-0.1, -0.05) is 69.3 Å². The van der Waals surface area contributed by atoms with Crippen molar-refractivity contribution >= 4 is 15.9 Å². The summed E-state index contributed by atoms with van der Waals surface area (Å²) in [6.45, 7) is 9.35. The quantitative estimate of drug-likeness (QED) is 0.514. The minimum Gasteiger partial charge on any atom is -0.0922 e. The van der Waals surface area contributed by atoms with E-state index < -0.39 is 0 Å². The maximum atomic E-state index is 3.66. The third-order valence-corrected chi connectivity index (χ3v) is 4.85. The molecule has 0 saturated heterocycles. The molecule has 14 heavy (non-hydrogen) atoms. The van der Waals surface area contributed by atoms with Gasteiger partial charge in [-0.05, 0) is 24.2 Å². The van der Waals surface area contributed by atoms with Gasteiger partial charge in [-0.2, -0.15) is 0 Å². The summed E-state index contributed by atoms with van der Waals surface area (Å²) in [5.41, 5.74) is 0.522. The largest absolute Gasteiger partial charge is 0.0922 e. The second-order valence-corrected chi connectivity index (χ2v) is 5.48. The SMILES string of the molecule is CCCCC(CC)CC(C)(CC)CBr. The van der Waals surface area contributed by atoms with Crippen LogP contribution in [-0.2, 0) is 0 Å². The van der Waals surface area contributed by atoms with Crippen LogP contribution in [-0.4, -0.2) is 5.33 Å². The molecule has 0 N–H and O–H groups in total. The molecule has 2 unspecified atom stereocenters. The molecule has 1 heteroatoms. The number of hydrogen-bond donors (Lipinski definition) is 0. The van der Waals surface area contributed by atoms with Gasteiger partial charge in [-0.15, -0.1) is 0 Å². The lowest BCUT2D eigenvalue weighted by Gasteiger charge is -2.30. The Bertz CT molecular complexity index is 127. The van der Waals surface area contributed by atoms with E-state index in [1.807, 2.05) is 0 Å². The lowest BCUT2D eigenvalue weighted by atomic mass is 9.78. The fraction of sp³-hybridized carbons (Fsp3) is 1.00. The standard InChI is InChI=1S/C13H27Br/c1-5-8-9-12(6-2)10-13(4,7-3)11-14/h12H,5-11H2,1-4H3. The van der Waals surface area contributed by atoms with Crippen LogP contribution in [0, 0.1) is 11.3 Å². The average Bonchev–Trinajstić information content (AvgIpc) is 2.23. The maximum absolute atomic E-state index is 3.66. The summed E-state index contributed by atoms with van der Waals surface area (Å²) in [4.78, 5) is 0. The monoisotopic (exact) mass is 262 g/mol. The fourth-order valence-corrected chi connectivity index (χ4v) is 2.56. The molecule has 0 spiro atoms. The summed E-state index contributed by atoms with van der Waals surface area (Å²) in [7, 11) is 0. The Morgan fingerprint density at radius 2 is 1.86 bits per heavy atom. The van der Waals surface area contributed by atoms with Crippen molar-refractivity contribution in [3.8, 4) is 0 Å². The molecule has 0 bridgehead atoms. The second kappa shape index (κ2) is 7.73. The third kappa shape index (κ3) is 5.38. The molecule has 2 atom stereocenters. The van der Waals surface area contributed by atoms with Crippen molar-refractivity contribution in [2.45, 2.75) is 66.2 Å². The predicted octanol–water partition coefficient (Wildman–Crippen LogP) is 5.40. The van der Waals surface area contributed by atoms with E-state index in [9.17, 15) is 0 Å². The van der Waals surface area contributed by atoms with Gasteiger partial charge < -0.3 is 0 Å². The topological polar surface area (TPSA) is 0 Å². The van der Waals surface area contributed by atoms with Gasteiger partial charge in [0.15, 0.2) is 0 Å². The van der Waals surface area contributed by atoms with Crippen LogP contribution in [0.15, 0.2) is 0 Å². The fourth-order valence-electron chi connectivity index (χ4n) is 1.93. The molecule has 0 fully saturated rings. The molecule has 0 aliphatic carbocycles. The van der Waals surface area contributed by atoms with Crippen molar-refractivity contribution in [2.75, 3.05) is 5.33 Å². The van der Waals surface area contributed by atoms with Crippen LogP contribution < -0.4 is 0 Å². The molecule has 0 aromatic rings. The van der Waals surface area contributed by atoms with E-state index >= 15 is 0 Å². The molecule has 0 saturated carbocycles. The predicted molar refractivity (Wildman–Crippen MR) is 70.1 cm³/mol. The van der Waals surface area contributed by atoms with Crippen molar-refractivity contribution in [3.63, 3.8) is 0 Å². The second-order valence-electron chi connectivity index (χ2n) is 4.92. The number of hydrogen-bond acceptors (Lipinski definition) is 0. The van der Waals surface area contributed by atoms with Gasteiger partial charge in [0.05, 0.1) is 0 Å². The van der Waals surface area contributed by atoms with Crippen LogP contribution in [0.25, 0.3) is 0 Å². The molecule has 86 valence electrons. The molecule has 0 rings (SSSR count). The highest BCUT2D eigenvalue weighted by Crippen LogP contribution is 2.34. The van der Waals surface area contributed by atoms with Gasteiger partial charge in [0, 0.05) is 5.33 Å². The van der Waals surface area contributed by atoms with E-state index in [0.717, 1.165) is 11.2 Å². The zero-order chi connectivity index (χ0) is 11.0. The molecule has 0 aromatic carbocycles. The summed E-state index contributed by atoms with van der Waals surface area (Å²) >= 11 is 3.66. The van der Waals surface area contributed by atoms with Gasteiger partial charge in [-0.25, -0.2) is 0 Å². The van der Waals surface area contributed by atoms with Crippen LogP contribution in [0.3, 0.4) is 0 Å². The van der Waals surface area contributed by atoms with Crippen molar-refractivity contribution in [3.05, 3.63) is 0 Å². The number of rotatable bonds is 8. The van der Waals surface area contributed by atoms with Crippen LogP contribution in [0.2, 0.25) is 0 Å². The minimum atomic E-state index is 0.522. The molecule has 0 aliphatic heterocycles. The van der Waals surface area contributed by atoms with Crippen molar-refractivity contribution in [1.29, 1.82) is 0 Å². The highest BCUT2D eigenvalue weighted by atomic mass is 79.9. The van der Waals surface area contributed by atoms with Crippen LogP contribution >= 0.6 is 15.9 Å². The van der Waals surface area contributed by atoms with E-state index in [1.165, 1.54) is 38.5 Å². The smallest absolute Gasteiger partial charge is 0.00853 e. The third-order valence-electron chi connectivity index (χ3n) is 3.50. The molecule has 0 nitrogen and oxygen atoms in total. The van der Waals surface area contributed by atoms with E-state index in [2.05, 4.69) is 43.6 Å². The van der Waals surface area contributed by atoms with Gasteiger partial charge in [0.1, 0.15) is 0 Å². The van der Waals surface area contributed by atoms with Gasteiger partial charge in [0.2, 0.25) is 0 Å². The van der Waals surface area contributed by atoms with E-state index in [4.69, 9.17) is 0 Å². The normalized spacial score (nSPS) is 17.8. The minimum absolute atomic E-state index is 0.522. The van der Waals surface area contributed by atoms with Crippen LogP contribution in [0.1, 0.15) is 66.2 Å². The van der Waals surface area contributed by atoms with E-state index in [0.29, 0.717) is 5.41 Å². The molecular formula is C13H27Br. The van der Waals surface area contributed by atoms with Gasteiger partial charge >= 0.3 is 0 Å². The first kappa shape index (κ1) is 14.5. The Balaban J connectivity index is 4.00. The summed E-state index contributed by atoms with van der Waals surface area (Å²) < 4.78 is 0. The highest BCUT2D eigenvalue weighted by molar-refractivity contribution is 9.09. The Kier molecular flexibility index (Phi) is 8.00. The Hall–Kier alpha value is 0.480. The highest BCUT2D eigenvalue weighted by Gasteiger charge is 2.24. The Morgan fingerprint density at radius 1 is 1.21 bits per heavy atom. The lowest BCUT2D eigenvalue weighted by molar-refractivity contribution is 0.248. The summed E-state index contributed by atoms with van der Waals surface area (Å²) in [5.74, 6) is 0.942. The molecule has 0 aliphatic rings. The van der Waals surface area contributed by atoms with Gasteiger partial charge in [0.25, 0.3) is 0 Å².